The van der Waals surface area contributed by atoms with Gasteiger partial charge in [-0.05, 0) is 28.1 Å². The quantitative estimate of drug-likeness (QED) is 0.710. The van der Waals surface area contributed by atoms with Crippen LogP contribution >= 0.6 is 15.9 Å². The lowest BCUT2D eigenvalue weighted by Crippen LogP contribution is -1.83. The van der Waals surface area contributed by atoms with Gasteiger partial charge >= 0.3 is 0 Å². The zero-order chi connectivity index (χ0) is 10.3. The number of hydrogen-bond acceptors (Lipinski definition) is 2. The molecule has 1 aromatic rings. The van der Waals surface area contributed by atoms with Crippen LogP contribution in [0.5, 0.6) is 5.75 Å². The molecule has 13 heavy (non-hydrogen) atoms. The van der Waals surface area contributed by atoms with Gasteiger partial charge in [-0.15, -0.1) is 5.26 Å². The zero-order valence-corrected chi connectivity index (χ0v) is 8.93. The van der Waals surface area contributed by atoms with E-state index in [2.05, 4.69) is 20.7 Å². The van der Waals surface area contributed by atoms with Crippen molar-refractivity contribution in [3.63, 3.8) is 0 Å². The maximum atomic E-state index is 12.7. The molecule has 0 spiro atoms. The maximum absolute atomic E-state index is 12.7. The van der Waals surface area contributed by atoms with Crippen molar-refractivity contribution in [2.75, 3.05) is 0 Å². The van der Waals surface area contributed by atoms with Crippen molar-refractivity contribution in [2.24, 2.45) is 0 Å². The summed E-state index contributed by atoms with van der Waals surface area (Å²) in [5, 5.41) is 8.07. The second-order valence-corrected chi connectivity index (χ2v) is 2.62. The molecule has 0 heterocycles. The fourth-order valence-corrected chi connectivity index (χ4v) is 0.840. The van der Waals surface area contributed by atoms with Gasteiger partial charge in [-0.2, -0.15) is 0 Å². The summed E-state index contributed by atoms with van der Waals surface area (Å²) in [6, 6.07) is 4.10. The number of hydrogen-bond donors (Lipinski definition) is 0. The van der Waals surface area contributed by atoms with Crippen LogP contribution < -0.4 is 4.74 Å². The van der Waals surface area contributed by atoms with Crippen LogP contribution in [0.15, 0.2) is 22.7 Å². The lowest BCUT2D eigenvalue weighted by Gasteiger charge is -1.96. The highest BCUT2D eigenvalue weighted by Gasteiger charge is 2.00. The summed E-state index contributed by atoms with van der Waals surface area (Å²) in [4.78, 5) is 0. The molecule has 1 rings (SSSR count). The minimum Gasteiger partial charge on any atom is -0.388 e. The van der Waals surface area contributed by atoms with Crippen LogP contribution in [0, 0.1) is 17.3 Å². The largest absolute Gasteiger partial charge is 0.388 e. The SMILES string of the molecule is CC.N#COc1ccc(Br)c(F)c1. The molecule has 0 saturated carbocycles. The predicted octanol–water partition coefficient (Wildman–Crippen LogP) is 3.47. The molecule has 0 unspecified atom stereocenters. The van der Waals surface area contributed by atoms with E-state index in [4.69, 9.17) is 5.26 Å². The molecule has 0 radical (unpaired) electrons. The number of benzene rings is 1. The smallest absolute Gasteiger partial charge is 0.292 e. The highest BCUT2D eigenvalue weighted by Crippen LogP contribution is 2.20. The van der Waals surface area contributed by atoms with Gasteiger partial charge in [-0.3, -0.25) is 0 Å². The first kappa shape index (κ1) is 11.9. The van der Waals surface area contributed by atoms with Gasteiger partial charge in [0, 0.05) is 6.07 Å². The Morgan fingerprint density at radius 3 is 2.54 bits per heavy atom. The van der Waals surface area contributed by atoms with Crippen molar-refractivity contribution in [3.05, 3.63) is 28.5 Å². The molecule has 0 saturated heterocycles. The van der Waals surface area contributed by atoms with E-state index in [1.807, 2.05) is 13.8 Å². The third kappa shape index (κ3) is 3.90. The van der Waals surface area contributed by atoms with Gasteiger partial charge in [-0.1, -0.05) is 13.8 Å². The van der Waals surface area contributed by atoms with Gasteiger partial charge in [0.2, 0.25) is 0 Å². The highest BCUT2D eigenvalue weighted by atomic mass is 79.9. The lowest BCUT2D eigenvalue weighted by atomic mass is 10.3. The van der Waals surface area contributed by atoms with Gasteiger partial charge in [-0.25, -0.2) is 4.39 Å². The first-order valence-electron chi connectivity index (χ1n) is 3.75. The van der Waals surface area contributed by atoms with E-state index in [1.54, 1.807) is 0 Å². The molecule has 0 aliphatic carbocycles. The third-order valence-electron chi connectivity index (χ3n) is 1.05. The summed E-state index contributed by atoms with van der Waals surface area (Å²) in [6.07, 6.45) is 1.45. The van der Waals surface area contributed by atoms with Crippen molar-refractivity contribution in [3.8, 4) is 12.0 Å². The second-order valence-electron chi connectivity index (χ2n) is 1.77. The molecule has 2 nitrogen and oxygen atoms in total. The van der Waals surface area contributed by atoms with Crippen LogP contribution in [-0.4, -0.2) is 0 Å². The lowest BCUT2D eigenvalue weighted by molar-refractivity contribution is 0.499. The van der Waals surface area contributed by atoms with E-state index in [0.29, 0.717) is 4.47 Å². The van der Waals surface area contributed by atoms with Crippen molar-refractivity contribution >= 4 is 15.9 Å². The average Bonchev–Trinajstić information content (AvgIpc) is 2.15. The molecule has 0 atom stereocenters. The standard InChI is InChI=1S/C7H3BrFNO.C2H6/c8-6-2-1-5(11-4-10)3-7(6)9;1-2/h1-3H;1-2H3. The Kier molecular flexibility index (Phi) is 5.90. The number of halogens is 2. The Balaban J connectivity index is 0.000000671. The molecule has 0 aromatic heterocycles. The van der Waals surface area contributed by atoms with Gasteiger partial charge in [0.25, 0.3) is 6.26 Å². The Labute approximate surface area is 85.1 Å². The van der Waals surface area contributed by atoms with Gasteiger partial charge in [0.1, 0.15) is 11.6 Å². The number of rotatable bonds is 1. The van der Waals surface area contributed by atoms with E-state index in [0.717, 1.165) is 6.07 Å². The molecular weight excluding hydrogens is 237 g/mol. The van der Waals surface area contributed by atoms with Crippen LogP contribution in [0.2, 0.25) is 0 Å². The van der Waals surface area contributed by atoms with Crippen LogP contribution in [0.3, 0.4) is 0 Å². The Morgan fingerprint density at radius 2 is 2.08 bits per heavy atom. The first-order valence-corrected chi connectivity index (χ1v) is 4.54. The van der Waals surface area contributed by atoms with E-state index < -0.39 is 5.82 Å². The van der Waals surface area contributed by atoms with E-state index in [9.17, 15) is 4.39 Å². The zero-order valence-electron chi connectivity index (χ0n) is 7.34. The molecule has 0 fully saturated rings. The third-order valence-corrected chi connectivity index (χ3v) is 1.70. The second kappa shape index (κ2) is 6.44. The highest BCUT2D eigenvalue weighted by molar-refractivity contribution is 9.10. The minimum absolute atomic E-state index is 0.202. The van der Waals surface area contributed by atoms with Crippen LogP contribution in [0.25, 0.3) is 0 Å². The Morgan fingerprint density at radius 1 is 1.46 bits per heavy atom. The molecular formula is C9H9BrFNO. The Hall–Kier alpha value is -1.08. The van der Waals surface area contributed by atoms with Gasteiger partial charge in [0.15, 0.2) is 0 Å². The summed E-state index contributed by atoms with van der Waals surface area (Å²) in [7, 11) is 0. The average molecular weight is 246 g/mol. The minimum atomic E-state index is -0.447. The first-order chi connectivity index (χ1) is 6.24. The fraction of sp³-hybridized carbons (Fsp3) is 0.222. The van der Waals surface area contributed by atoms with Crippen molar-refractivity contribution in [2.45, 2.75) is 13.8 Å². The monoisotopic (exact) mass is 245 g/mol. The van der Waals surface area contributed by atoms with E-state index in [1.165, 1.54) is 18.4 Å². The Bertz CT molecular complexity index is 309. The predicted molar refractivity (Wildman–Crippen MR) is 51.7 cm³/mol. The van der Waals surface area contributed by atoms with Gasteiger partial charge in [0.05, 0.1) is 4.47 Å². The van der Waals surface area contributed by atoms with Crippen LogP contribution in [-0.2, 0) is 0 Å². The van der Waals surface area contributed by atoms with E-state index in [-0.39, 0.29) is 5.75 Å². The van der Waals surface area contributed by atoms with Crippen molar-refractivity contribution < 1.29 is 9.13 Å². The number of nitrogens with zero attached hydrogens (tertiary/aromatic N) is 1. The molecule has 0 aliphatic heterocycles. The van der Waals surface area contributed by atoms with E-state index >= 15 is 0 Å². The number of ether oxygens (including phenoxy) is 1. The van der Waals surface area contributed by atoms with Crippen LogP contribution in [0.4, 0.5) is 4.39 Å². The molecule has 4 heteroatoms. The van der Waals surface area contributed by atoms with Crippen molar-refractivity contribution in [1.82, 2.24) is 0 Å². The van der Waals surface area contributed by atoms with Crippen molar-refractivity contribution in [1.29, 1.82) is 5.26 Å². The molecule has 70 valence electrons. The molecule has 0 N–H and O–H groups in total. The fourth-order valence-electron chi connectivity index (χ4n) is 0.593. The maximum Gasteiger partial charge on any atom is 0.292 e. The topological polar surface area (TPSA) is 33.0 Å². The summed E-state index contributed by atoms with van der Waals surface area (Å²) in [6.45, 7) is 4.00. The van der Waals surface area contributed by atoms with Gasteiger partial charge < -0.3 is 4.74 Å². The molecule has 1 aromatic carbocycles. The molecule has 0 amide bonds. The molecule has 0 aliphatic rings. The summed E-state index contributed by atoms with van der Waals surface area (Å²) in [5.74, 6) is -0.244. The molecule has 0 bridgehead atoms. The summed E-state index contributed by atoms with van der Waals surface area (Å²) >= 11 is 2.97. The summed E-state index contributed by atoms with van der Waals surface area (Å²) < 4.78 is 17.4. The number of nitriles is 1. The van der Waals surface area contributed by atoms with Crippen LogP contribution in [0.1, 0.15) is 13.8 Å². The normalized spacial score (nSPS) is 7.92. The summed E-state index contributed by atoms with van der Waals surface area (Å²) in [5.41, 5.74) is 0.